The van der Waals surface area contributed by atoms with Crippen LogP contribution < -0.4 is 0 Å². The minimum absolute atomic E-state index is 0.182. The van der Waals surface area contributed by atoms with Gasteiger partial charge in [0.25, 0.3) is 5.91 Å². The molecular formula is C15H15ClN2O3. The monoisotopic (exact) mass is 306 g/mol. The molecule has 0 aliphatic heterocycles. The summed E-state index contributed by atoms with van der Waals surface area (Å²) in [6, 6.07) is 8.55. The van der Waals surface area contributed by atoms with E-state index in [-0.39, 0.29) is 5.69 Å². The van der Waals surface area contributed by atoms with Gasteiger partial charge in [-0.05, 0) is 32.0 Å². The van der Waals surface area contributed by atoms with Crippen molar-refractivity contribution in [3.63, 3.8) is 0 Å². The van der Waals surface area contributed by atoms with Gasteiger partial charge in [0.1, 0.15) is 11.2 Å². The Morgan fingerprint density at radius 3 is 2.48 bits per heavy atom. The smallest absolute Gasteiger partial charge is 0.329 e. The van der Waals surface area contributed by atoms with Crippen LogP contribution in [0.5, 0.6) is 0 Å². The molecule has 0 aliphatic carbocycles. The van der Waals surface area contributed by atoms with Gasteiger partial charge in [0.15, 0.2) is 0 Å². The molecule has 5 nitrogen and oxygen atoms in total. The van der Waals surface area contributed by atoms with Crippen molar-refractivity contribution in [2.45, 2.75) is 19.4 Å². The van der Waals surface area contributed by atoms with Crippen molar-refractivity contribution < 1.29 is 14.7 Å². The highest BCUT2D eigenvalue weighted by atomic mass is 35.5. The van der Waals surface area contributed by atoms with Crippen LogP contribution in [0.4, 0.5) is 0 Å². The number of hydrogen-bond acceptors (Lipinski definition) is 3. The fourth-order valence-electron chi connectivity index (χ4n) is 1.78. The highest BCUT2D eigenvalue weighted by Crippen LogP contribution is 2.20. The van der Waals surface area contributed by atoms with E-state index in [1.165, 1.54) is 20.9 Å². The Morgan fingerprint density at radius 2 is 1.86 bits per heavy atom. The molecule has 0 bridgehead atoms. The molecule has 0 saturated heterocycles. The van der Waals surface area contributed by atoms with Crippen LogP contribution in [0.3, 0.4) is 0 Å². The lowest BCUT2D eigenvalue weighted by Gasteiger charge is -2.31. The van der Waals surface area contributed by atoms with Crippen LogP contribution in [0.25, 0.3) is 10.9 Å². The number of aromatic nitrogens is 1. The fraction of sp³-hybridized carbons (Fsp3) is 0.267. The number of pyridine rings is 1. The summed E-state index contributed by atoms with van der Waals surface area (Å²) in [6.07, 6.45) is 0. The quantitative estimate of drug-likeness (QED) is 0.946. The van der Waals surface area contributed by atoms with E-state index in [4.69, 9.17) is 11.6 Å². The van der Waals surface area contributed by atoms with E-state index in [9.17, 15) is 14.7 Å². The predicted octanol–water partition coefficient (Wildman–Crippen LogP) is 2.82. The van der Waals surface area contributed by atoms with Crippen LogP contribution in [0.15, 0.2) is 30.3 Å². The van der Waals surface area contributed by atoms with E-state index < -0.39 is 17.4 Å². The largest absolute Gasteiger partial charge is 0.480 e. The normalized spacial score (nSPS) is 11.4. The highest BCUT2D eigenvalue weighted by molar-refractivity contribution is 6.31. The standard InChI is InChI=1S/C15H15ClN2O3/c1-15(2,14(20)21)18(3)13(19)11-7-5-9-4-6-10(16)8-12(9)17-11/h4-8H,1-3H3,(H,20,21). The van der Waals surface area contributed by atoms with Gasteiger partial charge in [-0.3, -0.25) is 4.79 Å². The van der Waals surface area contributed by atoms with Crippen LogP contribution in [0.1, 0.15) is 24.3 Å². The average molecular weight is 307 g/mol. The first kappa shape index (κ1) is 15.3. The van der Waals surface area contributed by atoms with Crippen molar-refractivity contribution in [2.24, 2.45) is 0 Å². The Kier molecular flexibility index (Phi) is 3.87. The second-order valence-corrected chi connectivity index (χ2v) is 5.70. The number of hydrogen-bond donors (Lipinski definition) is 1. The number of benzene rings is 1. The summed E-state index contributed by atoms with van der Waals surface area (Å²) in [7, 11) is 1.44. The third-order valence-corrected chi connectivity index (χ3v) is 3.77. The first-order chi connectivity index (χ1) is 9.73. The number of carbonyl (C=O) groups excluding carboxylic acids is 1. The lowest BCUT2D eigenvalue weighted by atomic mass is 10.0. The number of carboxylic acids is 1. The van der Waals surface area contributed by atoms with Crippen molar-refractivity contribution in [3.8, 4) is 0 Å². The average Bonchev–Trinajstić information content (AvgIpc) is 2.44. The number of fused-ring (bicyclic) bond motifs is 1. The molecule has 0 atom stereocenters. The summed E-state index contributed by atoms with van der Waals surface area (Å²) < 4.78 is 0. The molecule has 0 spiro atoms. The number of nitrogens with zero attached hydrogens (tertiary/aromatic N) is 2. The number of carbonyl (C=O) groups is 2. The molecule has 1 aromatic heterocycles. The molecule has 1 amide bonds. The predicted molar refractivity (Wildman–Crippen MR) is 80.6 cm³/mol. The summed E-state index contributed by atoms with van der Waals surface area (Å²) in [4.78, 5) is 29.0. The van der Waals surface area contributed by atoms with Gasteiger partial charge < -0.3 is 10.0 Å². The molecule has 2 rings (SSSR count). The molecule has 0 aliphatic rings. The first-order valence-electron chi connectivity index (χ1n) is 6.31. The van der Waals surface area contributed by atoms with Crippen molar-refractivity contribution in [1.82, 2.24) is 9.88 Å². The van der Waals surface area contributed by atoms with Gasteiger partial charge in [-0.25, -0.2) is 9.78 Å². The Morgan fingerprint density at radius 1 is 1.24 bits per heavy atom. The van der Waals surface area contributed by atoms with E-state index in [2.05, 4.69) is 4.98 Å². The summed E-state index contributed by atoms with van der Waals surface area (Å²) in [5.74, 6) is -1.54. The van der Waals surface area contributed by atoms with Crippen molar-refractivity contribution in [2.75, 3.05) is 7.05 Å². The Hall–Kier alpha value is -2.14. The third-order valence-electron chi connectivity index (χ3n) is 3.54. The second kappa shape index (κ2) is 5.33. The van der Waals surface area contributed by atoms with E-state index in [1.807, 2.05) is 6.07 Å². The number of likely N-dealkylation sites (N-methyl/N-ethyl adjacent to an activating group) is 1. The lowest BCUT2D eigenvalue weighted by molar-refractivity contribution is -0.147. The lowest BCUT2D eigenvalue weighted by Crippen LogP contribution is -2.50. The van der Waals surface area contributed by atoms with Crippen LogP contribution in [0.2, 0.25) is 5.02 Å². The van der Waals surface area contributed by atoms with Crippen LogP contribution in [0, 0.1) is 0 Å². The molecule has 0 radical (unpaired) electrons. The zero-order valence-electron chi connectivity index (χ0n) is 11.9. The van der Waals surface area contributed by atoms with E-state index in [0.29, 0.717) is 10.5 Å². The van der Waals surface area contributed by atoms with Gasteiger partial charge in [0, 0.05) is 17.5 Å². The summed E-state index contributed by atoms with van der Waals surface area (Å²) in [6.45, 7) is 2.93. The maximum Gasteiger partial charge on any atom is 0.329 e. The number of halogens is 1. The zero-order valence-corrected chi connectivity index (χ0v) is 12.7. The molecular weight excluding hydrogens is 292 g/mol. The first-order valence-corrected chi connectivity index (χ1v) is 6.69. The molecule has 0 fully saturated rings. The zero-order chi connectivity index (χ0) is 15.8. The van der Waals surface area contributed by atoms with E-state index >= 15 is 0 Å². The summed E-state index contributed by atoms with van der Waals surface area (Å²) in [5.41, 5.74) is -0.543. The van der Waals surface area contributed by atoms with Crippen molar-refractivity contribution >= 4 is 34.4 Å². The molecule has 0 unspecified atom stereocenters. The Bertz CT molecular complexity index is 728. The molecule has 0 saturated carbocycles. The molecule has 110 valence electrons. The topological polar surface area (TPSA) is 70.5 Å². The Labute approximate surface area is 127 Å². The molecule has 1 N–H and O–H groups in total. The fourth-order valence-corrected chi connectivity index (χ4v) is 1.94. The second-order valence-electron chi connectivity index (χ2n) is 5.26. The van der Waals surface area contributed by atoms with E-state index in [1.54, 1.807) is 24.3 Å². The third kappa shape index (κ3) is 2.83. The molecule has 6 heteroatoms. The highest BCUT2D eigenvalue weighted by Gasteiger charge is 2.36. The van der Waals surface area contributed by atoms with E-state index in [0.717, 1.165) is 10.3 Å². The molecule has 1 aromatic carbocycles. The van der Waals surface area contributed by atoms with Crippen molar-refractivity contribution in [1.29, 1.82) is 0 Å². The number of carboxylic acid groups (broad SMARTS) is 1. The van der Waals surface area contributed by atoms with Gasteiger partial charge in [-0.2, -0.15) is 0 Å². The van der Waals surface area contributed by atoms with Crippen molar-refractivity contribution in [3.05, 3.63) is 41.0 Å². The molecule has 1 heterocycles. The number of rotatable bonds is 3. The minimum atomic E-state index is -1.32. The van der Waals surface area contributed by atoms with Crippen LogP contribution >= 0.6 is 11.6 Å². The van der Waals surface area contributed by atoms with Crippen LogP contribution in [-0.4, -0.2) is 39.5 Å². The molecule has 21 heavy (non-hydrogen) atoms. The van der Waals surface area contributed by atoms with Gasteiger partial charge in [-0.15, -0.1) is 0 Å². The SMILES string of the molecule is CN(C(=O)c1ccc2ccc(Cl)cc2n1)C(C)(C)C(=O)O. The summed E-state index contributed by atoms with van der Waals surface area (Å²) >= 11 is 5.91. The minimum Gasteiger partial charge on any atom is -0.480 e. The number of amides is 1. The van der Waals surface area contributed by atoms with Gasteiger partial charge in [0.2, 0.25) is 0 Å². The van der Waals surface area contributed by atoms with Gasteiger partial charge in [-0.1, -0.05) is 23.7 Å². The molecule has 2 aromatic rings. The van der Waals surface area contributed by atoms with Gasteiger partial charge >= 0.3 is 5.97 Å². The Balaban J connectivity index is 2.42. The van der Waals surface area contributed by atoms with Gasteiger partial charge in [0.05, 0.1) is 5.52 Å². The maximum atomic E-state index is 12.4. The summed E-state index contributed by atoms with van der Waals surface area (Å²) in [5, 5.41) is 10.6. The number of aliphatic carboxylic acids is 1. The van der Waals surface area contributed by atoms with Crippen LogP contribution in [-0.2, 0) is 4.79 Å². The maximum absolute atomic E-state index is 12.4.